The molecule has 0 saturated heterocycles. The van der Waals surface area contributed by atoms with E-state index >= 15 is 0 Å². The first-order valence-corrected chi connectivity index (χ1v) is 4.65. The summed E-state index contributed by atoms with van der Waals surface area (Å²) in [6.45, 7) is 0. The van der Waals surface area contributed by atoms with Crippen LogP contribution in [0.4, 0.5) is 0 Å². The molecule has 1 heterocycles. The van der Waals surface area contributed by atoms with Gasteiger partial charge in [-0.05, 0) is 30.9 Å². The molecule has 2 nitrogen and oxygen atoms in total. The van der Waals surface area contributed by atoms with Crippen molar-refractivity contribution in [3.8, 4) is 5.75 Å². The fraction of sp³-hybridized carbons (Fsp3) is 0.364. The lowest BCUT2D eigenvalue weighted by Gasteiger charge is -2.12. The lowest BCUT2D eigenvalue weighted by molar-refractivity contribution is -0.134. The van der Waals surface area contributed by atoms with E-state index < -0.39 is 0 Å². The van der Waals surface area contributed by atoms with Crippen molar-refractivity contribution in [3.63, 3.8) is 0 Å². The van der Waals surface area contributed by atoms with Gasteiger partial charge in [0.1, 0.15) is 5.75 Å². The summed E-state index contributed by atoms with van der Waals surface area (Å²) in [6.07, 6.45) is 3.58. The molecule has 0 saturated carbocycles. The minimum Gasteiger partial charge on any atom is -0.426 e. The molecule has 0 amide bonds. The van der Waals surface area contributed by atoms with E-state index in [1.165, 1.54) is 0 Å². The van der Waals surface area contributed by atoms with Crippen LogP contribution in [-0.2, 0) is 11.2 Å². The van der Waals surface area contributed by atoms with Gasteiger partial charge in [-0.1, -0.05) is 18.2 Å². The Labute approximate surface area is 77.5 Å². The van der Waals surface area contributed by atoms with Gasteiger partial charge in [0.05, 0.1) is 0 Å². The van der Waals surface area contributed by atoms with Gasteiger partial charge in [-0.2, -0.15) is 0 Å². The van der Waals surface area contributed by atoms with Crippen molar-refractivity contribution < 1.29 is 9.53 Å². The molecule has 68 valence electrons. The van der Waals surface area contributed by atoms with E-state index in [2.05, 4.69) is 0 Å². The van der Waals surface area contributed by atoms with Crippen molar-refractivity contribution in [1.82, 2.24) is 0 Å². The maximum atomic E-state index is 11.2. The average molecular weight is 176 g/mol. The zero-order valence-corrected chi connectivity index (χ0v) is 7.45. The van der Waals surface area contributed by atoms with Crippen LogP contribution >= 0.6 is 0 Å². The molecule has 2 rings (SSSR count). The summed E-state index contributed by atoms with van der Waals surface area (Å²) < 4.78 is 5.20. The van der Waals surface area contributed by atoms with Gasteiger partial charge in [0.2, 0.25) is 0 Å². The van der Waals surface area contributed by atoms with E-state index in [0.717, 1.165) is 30.6 Å². The molecule has 0 fully saturated rings. The van der Waals surface area contributed by atoms with Crippen LogP contribution in [0, 0.1) is 0 Å². The molecule has 0 spiro atoms. The quantitative estimate of drug-likeness (QED) is 0.448. The third-order valence-corrected chi connectivity index (χ3v) is 2.27. The molecule has 2 heteroatoms. The van der Waals surface area contributed by atoms with E-state index in [9.17, 15) is 4.79 Å². The Balaban J connectivity index is 2.30. The van der Waals surface area contributed by atoms with E-state index in [1.807, 2.05) is 24.3 Å². The Kier molecular flexibility index (Phi) is 2.30. The van der Waals surface area contributed by atoms with Gasteiger partial charge in [-0.15, -0.1) is 0 Å². The van der Waals surface area contributed by atoms with Gasteiger partial charge in [0, 0.05) is 6.42 Å². The summed E-state index contributed by atoms with van der Waals surface area (Å²) >= 11 is 0. The highest BCUT2D eigenvalue weighted by Gasteiger charge is 2.11. The Morgan fingerprint density at radius 2 is 1.85 bits per heavy atom. The topological polar surface area (TPSA) is 26.3 Å². The van der Waals surface area contributed by atoms with Crippen molar-refractivity contribution in [2.75, 3.05) is 0 Å². The van der Waals surface area contributed by atoms with Crippen LogP contribution in [0.2, 0.25) is 0 Å². The number of hydrogen-bond donors (Lipinski definition) is 0. The number of benzene rings is 1. The summed E-state index contributed by atoms with van der Waals surface area (Å²) in [4.78, 5) is 11.2. The third-order valence-electron chi connectivity index (χ3n) is 2.27. The molecule has 0 radical (unpaired) electrons. The van der Waals surface area contributed by atoms with E-state index in [0.29, 0.717) is 6.42 Å². The largest absolute Gasteiger partial charge is 0.426 e. The van der Waals surface area contributed by atoms with Crippen LogP contribution in [0.5, 0.6) is 5.75 Å². The predicted molar refractivity (Wildman–Crippen MR) is 49.6 cm³/mol. The number of hydrogen-bond acceptors (Lipinski definition) is 2. The SMILES string of the molecule is O=C1CCCCc2ccccc2O1. The van der Waals surface area contributed by atoms with Gasteiger partial charge in [0.25, 0.3) is 0 Å². The molecular formula is C11H12O2. The van der Waals surface area contributed by atoms with Gasteiger partial charge < -0.3 is 4.74 Å². The number of aryl methyl sites for hydroxylation is 1. The molecule has 0 atom stereocenters. The first kappa shape index (κ1) is 8.30. The summed E-state index contributed by atoms with van der Waals surface area (Å²) in [6, 6.07) is 7.76. The highest BCUT2D eigenvalue weighted by molar-refractivity contribution is 5.73. The van der Waals surface area contributed by atoms with Crippen LogP contribution in [0.1, 0.15) is 24.8 Å². The standard InChI is InChI=1S/C11H12O2/c12-11-8-4-2-6-9-5-1-3-7-10(9)13-11/h1,3,5,7H,2,4,6,8H2. The lowest BCUT2D eigenvalue weighted by atomic mass is 10.0. The first-order chi connectivity index (χ1) is 6.36. The molecule has 0 aromatic heterocycles. The second-order valence-corrected chi connectivity index (χ2v) is 3.29. The fourth-order valence-electron chi connectivity index (χ4n) is 1.57. The van der Waals surface area contributed by atoms with E-state index in [-0.39, 0.29) is 5.97 Å². The second-order valence-electron chi connectivity index (χ2n) is 3.29. The van der Waals surface area contributed by atoms with Crippen molar-refractivity contribution in [2.24, 2.45) is 0 Å². The zero-order chi connectivity index (χ0) is 9.10. The maximum Gasteiger partial charge on any atom is 0.311 e. The number of para-hydroxylation sites is 1. The van der Waals surface area contributed by atoms with Crippen molar-refractivity contribution in [3.05, 3.63) is 29.8 Å². The summed E-state index contributed by atoms with van der Waals surface area (Å²) in [7, 11) is 0. The normalized spacial score (nSPS) is 16.8. The molecule has 1 aliphatic heterocycles. The van der Waals surface area contributed by atoms with E-state index in [1.54, 1.807) is 0 Å². The second kappa shape index (κ2) is 3.60. The highest BCUT2D eigenvalue weighted by atomic mass is 16.5. The molecule has 1 aromatic rings. The third kappa shape index (κ3) is 1.89. The summed E-state index contributed by atoms with van der Waals surface area (Å²) in [5, 5.41) is 0. The maximum absolute atomic E-state index is 11.2. The van der Waals surface area contributed by atoms with Gasteiger partial charge in [-0.3, -0.25) is 4.79 Å². The van der Waals surface area contributed by atoms with Crippen LogP contribution < -0.4 is 4.74 Å². The fourth-order valence-corrected chi connectivity index (χ4v) is 1.57. The molecule has 1 aliphatic rings. The van der Waals surface area contributed by atoms with Gasteiger partial charge >= 0.3 is 5.97 Å². The molecule has 1 aromatic carbocycles. The number of rotatable bonds is 0. The predicted octanol–water partition coefficient (Wildman–Crippen LogP) is 2.32. The number of carbonyl (C=O) groups excluding carboxylic acids is 1. The van der Waals surface area contributed by atoms with Crippen LogP contribution in [0.3, 0.4) is 0 Å². The molecule has 0 N–H and O–H groups in total. The number of esters is 1. The Bertz CT molecular complexity index is 318. The monoisotopic (exact) mass is 176 g/mol. The number of carbonyl (C=O) groups is 1. The molecule has 13 heavy (non-hydrogen) atoms. The minimum absolute atomic E-state index is 0.104. The number of ether oxygens (including phenoxy) is 1. The van der Waals surface area contributed by atoms with Gasteiger partial charge in [0.15, 0.2) is 0 Å². The van der Waals surface area contributed by atoms with Crippen molar-refractivity contribution in [2.45, 2.75) is 25.7 Å². The molecule has 0 bridgehead atoms. The minimum atomic E-state index is -0.104. The summed E-state index contributed by atoms with van der Waals surface area (Å²) in [5.41, 5.74) is 1.15. The Morgan fingerprint density at radius 3 is 2.77 bits per heavy atom. The first-order valence-electron chi connectivity index (χ1n) is 4.65. The Morgan fingerprint density at radius 1 is 1.08 bits per heavy atom. The summed E-state index contributed by atoms with van der Waals surface area (Å²) in [5.74, 6) is 0.638. The van der Waals surface area contributed by atoms with Crippen molar-refractivity contribution >= 4 is 5.97 Å². The van der Waals surface area contributed by atoms with Crippen LogP contribution in [-0.4, -0.2) is 5.97 Å². The molecule has 0 aliphatic carbocycles. The van der Waals surface area contributed by atoms with Gasteiger partial charge in [-0.25, -0.2) is 0 Å². The zero-order valence-electron chi connectivity index (χ0n) is 7.45. The Hall–Kier alpha value is -1.31. The highest BCUT2D eigenvalue weighted by Crippen LogP contribution is 2.23. The number of fused-ring (bicyclic) bond motifs is 1. The van der Waals surface area contributed by atoms with E-state index in [4.69, 9.17) is 4.74 Å². The lowest BCUT2D eigenvalue weighted by Crippen LogP contribution is -2.11. The average Bonchev–Trinajstić information content (AvgIpc) is 2.11. The molecular weight excluding hydrogens is 164 g/mol. The van der Waals surface area contributed by atoms with Crippen molar-refractivity contribution in [1.29, 1.82) is 0 Å². The smallest absolute Gasteiger partial charge is 0.311 e. The van der Waals surface area contributed by atoms with Crippen LogP contribution in [0.15, 0.2) is 24.3 Å². The van der Waals surface area contributed by atoms with Crippen LogP contribution in [0.25, 0.3) is 0 Å². The molecule has 0 unspecified atom stereocenters.